The summed E-state index contributed by atoms with van der Waals surface area (Å²) in [5.41, 5.74) is 7.02. The van der Waals surface area contributed by atoms with Crippen LogP contribution < -0.4 is 5.32 Å². The summed E-state index contributed by atoms with van der Waals surface area (Å²) in [6, 6.07) is 14.5. The first-order valence-electron chi connectivity index (χ1n) is 9.67. The number of aromatic nitrogens is 2. The first-order valence-corrected chi connectivity index (χ1v) is 9.67. The average molecular weight is 375 g/mol. The zero-order chi connectivity index (χ0) is 19.5. The van der Waals surface area contributed by atoms with Gasteiger partial charge in [-0.25, -0.2) is 4.98 Å². The van der Waals surface area contributed by atoms with E-state index in [2.05, 4.69) is 59.5 Å². The molecule has 0 saturated carbocycles. The number of hydrogen-bond acceptors (Lipinski definition) is 3. The average Bonchev–Trinajstić information content (AvgIpc) is 3.17. The van der Waals surface area contributed by atoms with Crippen molar-refractivity contribution in [2.45, 2.75) is 38.7 Å². The van der Waals surface area contributed by atoms with Crippen LogP contribution in [-0.4, -0.2) is 28.6 Å². The van der Waals surface area contributed by atoms with Crippen LogP contribution >= 0.6 is 0 Å². The molecular formula is C23H25N3O2. The van der Waals surface area contributed by atoms with E-state index in [9.17, 15) is 4.79 Å². The van der Waals surface area contributed by atoms with Crippen LogP contribution in [0.5, 0.6) is 0 Å². The normalized spacial score (nSPS) is 17.0. The number of carbonyl (C=O) groups is 1. The molecule has 1 amide bonds. The third-order valence-corrected chi connectivity index (χ3v) is 5.57. The van der Waals surface area contributed by atoms with Gasteiger partial charge in [0.1, 0.15) is 6.10 Å². The van der Waals surface area contributed by atoms with Crippen molar-refractivity contribution in [1.82, 2.24) is 9.97 Å². The van der Waals surface area contributed by atoms with Gasteiger partial charge in [-0.1, -0.05) is 30.3 Å². The van der Waals surface area contributed by atoms with Crippen LogP contribution in [0, 0.1) is 13.8 Å². The number of carbonyl (C=O) groups excluding carboxylic acids is 1. The third-order valence-electron chi connectivity index (χ3n) is 5.57. The molecule has 2 unspecified atom stereocenters. The number of imidazole rings is 1. The van der Waals surface area contributed by atoms with E-state index in [4.69, 9.17) is 4.74 Å². The monoisotopic (exact) mass is 375 g/mol. The van der Waals surface area contributed by atoms with E-state index < -0.39 is 0 Å². The smallest absolute Gasteiger partial charge is 0.253 e. The molecule has 28 heavy (non-hydrogen) atoms. The molecule has 2 aromatic carbocycles. The number of aromatic amines is 1. The summed E-state index contributed by atoms with van der Waals surface area (Å²) >= 11 is 0. The van der Waals surface area contributed by atoms with E-state index in [0.717, 1.165) is 24.2 Å². The van der Waals surface area contributed by atoms with E-state index >= 15 is 0 Å². The molecule has 3 aromatic rings. The standard InChI is InChI=1S/C23H25N3O2/c1-15-4-3-5-19(16(15)2)20(21-13-24-14-25-21)12-17-6-8-18(9-7-17)26-23(27)22-10-11-28-22/h3-9,13-14,20,22H,10-12H2,1-2H3,(H,24,25)(H,26,27). The maximum atomic E-state index is 12.0. The highest BCUT2D eigenvalue weighted by Gasteiger charge is 2.26. The molecule has 2 N–H and O–H groups in total. The summed E-state index contributed by atoms with van der Waals surface area (Å²) in [7, 11) is 0. The van der Waals surface area contributed by atoms with Crippen LogP contribution in [0.4, 0.5) is 5.69 Å². The molecule has 1 saturated heterocycles. The second-order valence-electron chi connectivity index (χ2n) is 7.39. The minimum Gasteiger partial charge on any atom is -0.368 e. The highest BCUT2D eigenvalue weighted by atomic mass is 16.5. The van der Waals surface area contributed by atoms with Crippen molar-refractivity contribution in [3.05, 3.63) is 82.9 Å². The van der Waals surface area contributed by atoms with Crippen LogP contribution in [0.2, 0.25) is 0 Å². The number of ether oxygens (including phenoxy) is 1. The summed E-state index contributed by atoms with van der Waals surface area (Å²) in [4.78, 5) is 19.5. The van der Waals surface area contributed by atoms with Crippen molar-refractivity contribution in [1.29, 1.82) is 0 Å². The molecule has 0 bridgehead atoms. The van der Waals surface area contributed by atoms with Gasteiger partial charge in [0, 0.05) is 29.9 Å². The van der Waals surface area contributed by atoms with E-state index in [1.807, 2.05) is 18.3 Å². The largest absolute Gasteiger partial charge is 0.368 e. The Morgan fingerprint density at radius 1 is 1.25 bits per heavy atom. The minimum atomic E-state index is -0.297. The quantitative estimate of drug-likeness (QED) is 0.681. The molecule has 1 fully saturated rings. The maximum Gasteiger partial charge on any atom is 0.253 e. The van der Waals surface area contributed by atoms with Gasteiger partial charge in [0.2, 0.25) is 0 Å². The molecule has 2 heterocycles. The first-order chi connectivity index (χ1) is 13.6. The molecule has 1 aliphatic rings. The van der Waals surface area contributed by atoms with E-state index in [1.54, 1.807) is 6.33 Å². The summed E-state index contributed by atoms with van der Waals surface area (Å²) < 4.78 is 5.23. The van der Waals surface area contributed by atoms with E-state index in [1.165, 1.54) is 22.3 Å². The molecular weight excluding hydrogens is 350 g/mol. The number of rotatable bonds is 6. The fraction of sp³-hybridized carbons (Fsp3) is 0.304. The number of nitrogens with one attached hydrogen (secondary N) is 2. The summed E-state index contributed by atoms with van der Waals surface area (Å²) in [5, 5.41) is 2.92. The lowest BCUT2D eigenvalue weighted by molar-refractivity contribution is -0.139. The molecule has 1 aliphatic heterocycles. The molecule has 1 aromatic heterocycles. The van der Waals surface area contributed by atoms with Crippen LogP contribution in [0.1, 0.15) is 40.3 Å². The summed E-state index contributed by atoms with van der Waals surface area (Å²) in [5.74, 6) is 0.135. The predicted molar refractivity (Wildman–Crippen MR) is 109 cm³/mol. The lowest BCUT2D eigenvalue weighted by Crippen LogP contribution is -2.38. The Labute approximate surface area is 165 Å². The van der Waals surface area contributed by atoms with Gasteiger partial charge in [-0.3, -0.25) is 4.79 Å². The molecule has 4 rings (SSSR count). The number of anilines is 1. The van der Waals surface area contributed by atoms with Crippen molar-refractivity contribution in [2.24, 2.45) is 0 Å². The molecule has 2 atom stereocenters. The highest BCUT2D eigenvalue weighted by Crippen LogP contribution is 2.31. The van der Waals surface area contributed by atoms with Gasteiger partial charge < -0.3 is 15.0 Å². The lowest BCUT2D eigenvalue weighted by Gasteiger charge is -2.25. The second-order valence-corrected chi connectivity index (χ2v) is 7.39. The Morgan fingerprint density at radius 3 is 2.68 bits per heavy atom. The van der Waals surface area contributed by atoms with E-state index in [0.29, 0.717) is 6.61 Å². The summed E-state index contributed by atoms with van der Waals surface area (Å²) in [6.07, 6.45) is 4.99. The van der Waals surface area contributed by atoms with Gasteiger partial charge in [0.25, 0.3) is 5.91 Å². The zero-order valence-corrected chi connectivity index (χ0v) is 16.2. The Balaban J connectivity index is 1.54. The fourth-order valence-electron chi connectivity index (χ4n) is 3.62. The van der Waals surface area contributed by atoms with E-state index in [-0.39, 0.29) is 17.9 Å². The van der Waals surface area contributed by atoms with Crippen molar-refractivity contribution in [3.8, 4) is 0 Å². The van der Waals surface area contributed by atoms with Gasteiger partial charge in [-0.2, -0.15) is 0 Å². The number of benzene rings is 2. The van der Waals surface area contributed by atoms with Gasteiger partial charge in [-0.05, 0) is 54.7 Å². The van der Waals surface area contributed by atoms with Crippen LogP contribution in [0.3, 0.4) is 0 Å². The van der Waals surface area contributed by atoms with Crippen molar-refractivity contribution in [2.75, 3.05) is 11.9 Å². The van der Waals surface area contributed by atoms with Crippen LogP contribution in [0.15, 0.2) is 55.0 Å². The molecule has 0 aliphatic carbocycles. The number of H-pyrrole nitrogens is 1. The number of amides is 1. The minimum absolute atomic E-state index is 0.0651. The van der Waals surface area contributed by atoms with Crippen LogP contribution in [-0.2, 0) is 16.0 Å². The zero-order valence-electron chi connectivity index (χ0n) is 16.2. The third kappa shape index (κ3) is 3.85. The van der Waals surface area contributed by atoms with Crippen molar-refractivity contribution >= 4 is 11.6 Å². The van der Waals surface area contributed by atoms with Crippen LogP contribution in [0.25, 0.3) is 0 Å². The van der Waals surface area contributed by atoms with Gasteiger partial charge in [-0.15, -0.1) is 0 Å². The topological polar surface area (TPSA) is 67.0 Å². The van der Waals surface area contributed by atoms with Crippen molar-refractivity contribution in [3.63, 3.8) is 0 Å². The second kappa shape index (κ2) is 7.98. The Morgan fingerprint density at radius 2 is 2.04 bits per heavy atom. The van der Waals surface area contributed by atoms with Gasteiger partial charge in [0.05, 0.1) is 12.9 Å². The predicted octanol–water partition coefficient (Wildman–Crippen LogP) is 4.13. The Hall–Kier alpha value is -2.92. The van der Waals surface area contributed by atoms with Gasteiger partial charge >= 0.3 is 0 Å². The lowest BCUT2D eigenvalue weighted by atomic mass is 9.85. The molecule has 144 valence electrons. The molecule has 0 radical (unpaired) electrons. The maximum absolute atomic E-state index is 12.0. The Kier molecular flexibility index (Phi) is 5.26. The SMILES string of the molecule is Cc1cccc(C(Cc2ccc(NC(=O)C3CCO3)cc2)c2cnc[nH]2)c1C. The number of hydrogen-bond donors (Lipinski definition) is 2. The number of nitrogens with zero attached hydrogens (tertiary/aromatic N) is 1. The highest BCUT2D eigenvalue weighted by molar-refractivity contribution is 5.94. The molecule has 5 nitrogen and oxygen atoms in total. The van der Waals surface area contributed by atoms with Gasteiger partial charge in [0.15, 0.2) is 0 Å². The number of aryl methyl sites for hydroxylation is 1. The Bertz CT molecular complexity index is 944. The first kappa shape index (κ1) is 18.4. The summed E-state index contributed by atoms with van der Waals surface area (Å²) in [6.45, 7) is 4.99. The fourth-order valence-corrected chi connectivity index (χ4v) is 3.62. The molecule has 0 spiro atoms. The van der Waals surface area contributed by atoms with Crippen molar-refractivity contribution < 1.29 is 9.53 Å². The molecule has 5 heteroatoms.